The average Bonchev–Trinajstić information content (AvgIpc) is 2.78. The first-order chi connectivity index (χ1) is 15.0. The number of ether oxygens (including phenoxy) is 2. The van der Waals surface area contributed by atoms with Gasteiger partial charge in [0.05, 0.1) is 25.6 Å². The number of urea groups is 1. The Labute approximate surface area is 185 Å². The predicted octanol–water partition coefficient (Wildman–Crippen LogP) is 4.93. The maximum atomic E-state index is 12.5. The SMILES string of the molecule is COc1ccc(CNC(=O)Nc2ccccc2NC(=O)c2cccc(Cl)c2)cc1OC. The first-order valence-electron chi connectivity index (χ1n) is 9.42. The Balaban J connectivity index is 1.64. The van der Waals surface area contributed by atoms with E-state index < -0.39 is 6.03 Å². The Kier molecular flexibility index (Phi) is 7.35. The van der Waals surface area contributed by atoms with E-state index in [0.717, 1.165) is 5.56 Å². The minimum absolute atomic E-state index is 0.281. The minimum Gasteiger partial charge on any atom is -0.493 e. The lowest BCUT2D eigenvalue weighted by atomic mass is 10.2. The molecule has 0 unspecified atom stereocenters. The monoisotopic (exact) mass is 439 g/mol. The number of benzene rings is 3. The Bertz CT molecular complexity index is 1090. The van der Waals surface area contributed by atoms with E-state index >= 15 is 0 Å². The van der Waals surface area contributed by atoms with Gasteiger partial charge in [-0.2, -0.15) is 0 Å². The molecular weight excluding hydrogens is 418 g/mol. The van der Waals surface area contributed by atoms with E-state index in [1.807, 2.05) is 6.07 Å². The second-order valence-electron chi connectivity index (χ2n) is 6.51. The summed E-state index contributed by atoms with van der Waals surface area (Å²) in [5.74, 6) is 0.860. The van der Waals surface area contributed by atoms with E-state index in [9.17, 15) is 9.59 Å². The molecule has 0 spiro atoms. The van der Waals surface area contributed by atoms with Crippen LogP contribution in [0.5, 0.6) is 11.5 Å². The van der Waals surface area contributed by atoms with Crippen molar-refractivity contribution < 1.29 is 19.1 Å². The molecule has 0 saturated heterocycles. The lowest BCUT2D eigenvalue weighted by Gasteiger charge is -2.14. The van der Waals surface area contributed by atoms with Gasteiger partial charge in [-0.3, -0.25) is 4.79 Å². The third kappa shape index (κ3) is 5.90. The number of hydrogen-bond donors (Lipinski definition) is 3. The van der Waals surface area contributed by atoms with Crippen molar-refractivity contribution in [3.05, 3.63) is 82.9 Å². The van der Waals surface area contributed by atoms with Gasteiger partial charge in [0.1, 0.15) is 0 Å². The largest absolute Gasteiger partial charge is 0.493 e. The molecule has 3 rings (SSSR count). The van der Waals surface area contributed by atoms with Gasteiger partial charge in [-0.1, -0.05) is 35.9 Å². The van der Waals surface area contributed by atoms with E-state index in [1.165, 1.54) is 0 Å². The van der Waals surface area contributed by atoms with Crippen LogP contribution in [-0.2, 0) is 6.54 Å². The van der Waals surface area contributed by atoms with E-state index in [4.69, 9.17) is 21.1 Å². The molecule has 0 aliphatic rings. The fraction of sp³-hybridized carbons (Fsp3) is 0.130. The minimum atomic E-state index is -0.417. The number of halogens is 1. The maximum absolute atomic E-state index is 12.5. The van der Waals surface area contributed by atoms with Gasteiger partial charge < -0.3 is 25.4 Å². The second-order valence-corrected chi connectivity index (χ2v) is 6.94. The number of rotatable bonds is 7. The van der Waals surface area contributed by atoms with E-state index in [2.05, 4.69) is 16.0 Å². The highest BCUT2D eigenvalue weighted by atomic mass is 35.5. The van der Waals surface area contributed by atoms with E-state index in [0.29, 0.717) is 33.5 Å². The van der Waals surface area contributed by atoms with Crippen molar-refractivity contribution in [3.63, 3.8) is 0 Å². The van der Waals surface area contributed by atoms with Gasteiger partial charge >= 0.3 is 6.03 Å². The Hall–Kier alpha value is -3.71. The summed E-state index contributed by atoms with van der Waals surface area (Å²) in [6, 6.07) is 18.5. The molecule has 0 bridgehead atoms. The molecule has 0 aromatic heterocycles. The molecule has 0 saturated carbocycles. The van der Waals surface area contributed by atoms with Gasteiger partial charge in [0.2, 0.25) is 0 Å². The molecule has 0 radical (unpaired) electrons. The summed E-state index contributed by atoms with van der Waals surface area (Å²) in [4.78, 5) is 24.9. The van der Waals surface area contributed by atoms with Crippen LogP contribution < -0.4 is 25.4 Å². The number of anilines is 2. The summed E-state index contributed by atoms with van der Waals surface area (Å²) in [6.45, 7) is 0.281. The van der Waals surface area contributed by atoms with Gasteiger partial charge in [-0.15, -0.1) is 0 Å². The van der Waals surface area contributed by atoms with Crippen molar-refractivity contribution >= 4 is 34.9 Å². The maximum Gasteiger partial charge on any atom is 0.319 e. The zero-order valence-corrected chi connectivity index (χ0v) is 17.8. The Morgan fingerprint density at radius 1 is 0.839 bits per heavy atom. The highest BCUT2D eigenvalue weighted by Gasteiger charge is 2.12. The van der Waals surface area contributed by atoms with Gasteiger partial charge in [0, 0.05) is 17.1 Å². The van der Waals surface area contributed by atoms with E-state index in [1.54, 1.807) is 74.9 Å². The molecule has 0 aliphatic carbocycles. The summed E-state index contributed by atoms with van der Waals surface area (Å²) in [5, 5.41) is 8.79. The van der Waals surface area contributed by atoms with Crippen molar-refractivity contribution in [2.75, 3.05) is 24.9 Å². The number of carbonyl (C=O) groups excluding carboxylic acids is 2. The predicted molar refractivity (Wildman–Crippen MR) is 121 cm³/mol. The van der Waals surface area contributed by atoms with Crippen LogP contribution in [-0.4, -0.2) is 26.2 Å². The fourth-order valence-corrected chi connectivity index (χ4v) is 3.06. The molecule has 3 aromatic carbocycles. The van der Waals surface area contributed by atoms with Crippen molar-refractivity contribution in [1.82, 2.24) is 5.32 Å². The van der Waals surface area contributed by atoms with Crippen LogP contribution in [0.15, 0.2) is 66.7 Å². The third-order valence-corrected chi connectivity index (χ3v) is 4.65. The van der Waals surface area contributed by atoms with Crippen LogP contribution in [0, 0.1) is 0 Å². The summed E-state index contributed by atoms with van der Waals surface area (Å²) < 4.78 is 10.5. The van der Waals surface area contributed by atoms with Crippen molar-refractivity contribution in [2.24, 2.45) is 0 Å². The quantitative estimate of drug-likeness (QED) is 0.487. The van der Waals surface area contributed by atoms with Crippen molar-refractivity contribution in [2.45, 2.75) is 6.54 Å². The summed E-state index contributed by atoms with van der Waals surface area (Å²) >= 11 is 5.95. The topological polar surface area (TPSA) is 88.7 Å². The van der Waals surface area contributed by atoms with Crippen molar-refractivity contribution in [1.29, 1.82) is 0 Å². The van der Waals surface area contributed by atoms with E-state index in [-0.39, 0.29) is 12.5 Å². The molecule has 8 heteroatoms. The average molecular weight is 440 g/mol. The van der Waals surface area contributed by atoms with Crippen LogP contribution in [0.3, 0.4) is 0 Å². The highest BCUT2D eigenvalue weighted by Crippen LogP contribution is 2.27. The molecule has 0 heterocycles. The Morgan fingerprint density at radius 2 is 1.55 bits per heavy atom. The standard InChI is InChI=1S/C23H22ClN3O4/c1-30-20-11-10-15(12-21(20)31-2)14-25-23(29)27-19-9-4-3-8-18(19)26-22(28)16-6-5-7-17(24)13-16/h3-13H,14H2,1-2H3,(H,26,28)(H2,25,27,29). The van der Waals surface area contributed by atoms with Crippen LogP contribution in [0.1, 0.15) is 15.9 Å². The Morgan fingerprint density at radius 3 is 2.23 bits per heavy atom. The smallest absolute Gasteiger partial charge is 0.319 e. The normalized spacial score (nSPS) is 10.2. The lowest BCUT2D eigenvalue weighted by molar-refractivity contribution is 0.102. The summed E-state index contributed by atoms with van der Waals surface area (Å²) in [7, 11) is 3.11. The zero-order valence-electron chi connectivity index (χ0n) is 17.1. The number of nitrogens with one attached hydrogen (secondary N) is 3. The zero-order chi connectivity index (χ0) is 22.2. The molecule has 3 N–H and O–H groups in total. The fourth-order valence-electron chi connectivity index (χ4n) is 2.86. The molecule has 0 aliphatic heterocycles. The first kappa shape index (κ1) is 22.0. The first-order valence-corrected chi connectivity index (χ1v) is 9.79. The van der Waals surface area contributed by atoms with Gasteiger partial charge in [0.25, 0.3) is 5.91 Å². The van der Waals surface area contributed by atoms with Crippen LogP contribution in [0.25, 0.3) is 0 Å². The molecular formula is C23H22ClN3O4. The number of hydrogen-bond acceptors (Lipinski definition) is 4. The number of para-hydroxylation sites is 2. The van der Waals surface area contributed by atoms with Crippen molar-refractivity contribution in [3.8, 4) is 11.5 Å². The van der Waals surface area contributed by atoms with Gasteiger partial charge in [-0.25, -0.2) is 4.79 Å². The molecule has 160 valence electrons. The summed E-state index contributed by atoms with van der Waals surface area (Å²) in [5.41, 5.74) is 2.19. The molecule has 3 aromatic rings. The number of carbonyl (C=O) groups is 2. The van der Waals surface area contributed by atoms with Gasteiger partial charge in [-0.05, 0) is 48.0 Å². The lowest BCUT2D eigenvalue weighted by Crippen LogP contribution is -2.28. The second kappa shape index (κ2) is 10.4. The third-order valence-electron chi connectivity index (χ3n) is 4.41. The highest BCUT2D eigenvalue weighted by molar-refractivity contribution is 6.31. The number of amides is 3. The number of methoxy groups -OCH3 is 2. The molecule has 0 fully saturated rings. The van der Waals surface area contributed by atoms with Crippen LogP contribution >= 0.6 is 11.6 Å². The molecule has 3 amide bonds. The molecule has 0 atom stereocenters. The van der Waals surface area contributed by atoms with Crippen LogP contribution in [0.4, 0.5) is 16.2 Å². The molecule has 7 nitrogen and oxygen atoms in total. The van der Waals surface area contributed by atoms with Gasteiger partial charge in [0.15, 0.2) is 11.5 Å². The molecule has 31 heavy (non-hydrogen) atoms. The summed E-state index contributed by atoms with van der Waals surface area (Å²) in [6.07, 6.45) is 0. The van der Waals surface area contributed by atoms with Crippen LogP contribution in [0.2, 0.25) is 5.02 Å².